The third kappa shape index (κ3) is 3.95. The van der Waals surface area contributed by atoms with Gasteiger partial charge < -0.3 is 20.5 Å². The highest BCUT2D eigenvalue weighted by atomic mass is 16.5. The van der Waals surface area contributed by atoms with Crippen LogP contribution in [0.4, 0.5) is 0 Å². The molecule has 21 heavy (non-hydrogen) atoms. The van der Waals surface area contributed by atoms with Crippen molar-refractivity contribution in [3.8, 4) is 5.75 Å². The zero-order valence-corrected chi connectivity index (χ0v) is 11.8. The number of likely N-dealkylation sites (tertiary alicyclic amines) is 1. The van der Waals surface area contributed by atoms with Crippen LogP contribution in [0, 0.1) is 5.92 Å². The monoisotopic (exact) mass is 292 g/mol. The van der Waals surface area contributed by atoms with Crippen LogP contribution in [-0.4, -0.2) is 41.5 Å². The van der Waals surface area contributed by atoms with Crippen LogP contribution in [0.2, 0.25) is 0 Å². The van der Waals surface area contributed by atoms with Gasteiger partial charge in [0.15, 0.2) is 6.61 Å². The Labute approximate surface area is 123 Å². The summed E-state index contributed by atoms with van der Waals surface area (Å²) in [5.74, 6) is -0.308. The Morgan fingerprint density at radius 3 is 2.86 bits per heavy atom. The Hall–Kier alpha value is -2.08. The van der Waals surface area contributed by atoms with E-state index >= 15 is 0 Å². The lowest BCUT2D eigenvalue weighted by Gasteiger charge is -2.31. The van der Waals surface area contributed by atoms with E-state index in [0.717, 1.165) is 12.8 Å². The number of aliphatic hydroxyl groups is 1. The van der Waals surface area contributed by atoms with Gasteiger partial charge in [-0.1, -0.05) is 18.2 Å². The molecule has 2 rings (SSSR count). The Morgan fingerprint density at radius 2 is 2.14 bits per heavy atom. The number of hydrogen-bond donors (Lipinski definition) is 2. The molecule has 114 valence electrons. The number of carbonyl (C=O) groups excluding carboxylic acids is 2. The first-order valence-electron chi connectivity index (χ1n) is 7.00. The van der Waals surface area contributed by atoms with Crippen molar-refractivity contribution in [1.29, 1.82) is 0 Å². The summed E-state index contributed by atoms with van der Waals surface area (Å²) in [5.41, 5.74) is 5.93. The van der Waals surface area contributed by atoms with E-state index in [1.165, 1.54) is 0 Å². The lowest BCUT2D eigenvalue weighted by molar-refractivity contribution is -0.136. The molecule has 1 fully saturated rings. The van der Waals surface area contributed by atoms with Crippen molar-refractivity contribution in [1.82, 2.24) is 4.90 Å². The summed E-state index contributed by atoms with van der Waals surface area (Å²) < 4.78 is 5.47. The van der Waals surface area contributed by atoms with Crippen LogP contribution in [0.25, 0.3) is 0 Å². The molecule has 0 aromatic heterocycles. The molecular formula is C15H20N2O4. The minimum Gasteiger partial charge on any atom is -0.483 e. The lowest BCUT2D eigenvalue weighted by atomic mass is 9.97. The summed E-state index contributed by atoms with van der Waals surface area (Å²) in [6, 6.07) is 7.02. The molecule has 1 aliphatic rings. The Balaban J connectivity index is 1.91. The number of nitrogens with two attached hydrogens (primary N) is 1. The second-order valence-corrected chi connectivity index (χ2v) is 5.14. The quantitative estimate of drug-likeness (QED) is 0.815. The van der Waals surface area contributed by atoms with Crippen molar-refractivity contribution in [3.63, 3.8) is 0 Å². The summed E-state index contributed by atoms with van der Waals surface area (Å²) in [6.45, 7) is 0.729. The zero-order chi connectivity index (χ0) is 15.2. The highest BCUT2D eigenvalue weighted by Gasteiger charge is 2.27. The van der Waals surface area contributed by atoms with Crippen molar-refractivity contribution in [2.45, 2.75) is 19.4 Å². The van der Waals surface area contributed by atoms with Crippen molar-refractivity contribution >= 4 is 11.8 Å². The average Bonchev–Trinajstić information content (AvgIpc) is 2.52. The van der Waals surface area contributed by atoms with Gasteiger partial charge >= 0.3 is 0 Å². The second kappa shape index (κ2) is 7.08. The van der Waals surface area contributed by atoms with Gasteiger partial charge in [0, 0.05) is 18.7 Å². The molecular weight excluding hydrogens is 272 g/mol. The highest BCUT2D eigenvalue weighted by molar-refractivity contribution is 5.81. The van der Waals surface area contributed by atoms with E-state index in [2.05, 4.69) is 0 Å². The van der Waals surface area contributed by atoms with Crippen LogP contribution in [0.3, 0.4) is 0 Å². The summed E-state index contributed by atoms with van der Waals surface area (Å²) in [6.07, 6.45) is 1.50. The second-order valence-electron chi connectivity index (χ2n) is 5.14. The number of ether oxygens (including phenoxy) is 1. The lowest BCUT2D eigenvalue weighted by Crippen LogP contribution is -2.45. The van der Waals surface area contributed by atoms with Crippen LogP contribution in [0.5, 0.6) is 5.75 Å². The summed E-state index contributed by atoms with van der Waals surface area (Å²) >= 11 is 0. The number of carbonyl (C=O) groups is 2. The third-order valence-corrected chi connectivity index (χ3v) is 3.67. The van der Waals surface area contributed by atoms with Crippen LogP contribution >= 0.6 is 0 Å². The first-order chi connectivity index (χ1) is 10.1. The normalized spacial score (nSPS) is 18.3. The third-order valence-electron chi connectivity index (χ3n) is 3.67. The van der Waals surface area contributed by atoms with Crippen molar-refractivity contribution < 1.29 is 19.4 Å². The Kier molecular flexibility index (Phi) is 5.16. The van der Waals surface area contributed by atoms with Crippen molar-refractivity contribution in [2.75, 3.05) is 19.7 Å². The number of hydrogen-bond acceptors (Lipinski definition) is 4. The molecule has 0 radical (unpaired) electrons. The van der Waals surface area contributed by atoms with Crippen LogP contribution in [0.1, 0.15) is 18.4 Å². The van der Waals surface area contributed by atoms with Crippen molar-refractivity contribution in [2.24, 2.45) is 11.7 Å². The molecule has 0 saturated carbocycles. The predicted octanol–water partition coefficient (Wildman–Crippen LogP) is 0.282. The fourth-order valence-corrected chi connectivity index (χ4v) is 2.44. The predicted molar refractivity (Wildman–Crippen MR) is 76.4 cm³/mol. The highest BCUT2D eigenvalue weighted by Crippen LogP contribution is 2.19. The molecule has 0 bridgehead atoms. The van der Waals surface area contributed by atoms with E-state index in [-0.39, 0.29) is 30.9 Å². The van der Waals surface area contributed by atoms with E-state index in [1.807, 2.05) is 0 Å². The van der Waals surface area contributed by atoms with Crippen LogP contribution in [-0.2, 0) is 16.2 Å². The van der Waals surface area contributed by atoms with E-state index in [9.17, 15) is 14.7 Å². The molecule has 6 heteroatoms. The first-order valence-corrected chi connectivity index (χ1v) is 7.00. The number of aliphatic hydroxyl groups excluding tert-OH is 1. The SMILES string of the molecule is NC(=O)C1CCCN(C(=O)COc2ccccc2CO)C1. The number of para-hydroxylation sites is 1. The van der Waals surface area contributed by atoms with Gasteiger partial charge in [-0.15, -0.1) is 0 Å². The number of primary amides is 1. The van der Waals surface area contributed by atoms with Gasteiger partial charge in [0.05, 0.1) is 12.5 Å². The van der Waals surface area contributed by atoms with E-state index in [4.69, 9.17) is 10.5 Å². The van der Waals surface area contributed by atoms with Gasteiger partial charge in [-0.05, 0) is 18.9 Å². The first kappa shape index (κ1) is 15.3. The smallest absolute Gasteiger partial charge is 0.260 e. The number of amides is 2. The molecule has 0 spiro atoms. The fourth-order valence-electron chi connectivity index (χ4n) is 2.44. The maximum atomic E-state index is 12.1. The van der Waals surface area contributed by atoms with E-state index in [1.54, 1.807) is 29.2 Å². The number of piperidine rings is 1. The van der Waals surface area contributed by atoms with Gasteiger partial charge in [-0.25, -0.2) is 0 Å². The molecule has 1 aromatic rings. The van der Waals surface area contributed by atoms with Gasteiger partial charge in [-0.2, -0.15) is 0 Å². The zero-order valence-electron chi connectivity index (χ0n) is 11.8. The topological polar surface area (TPSA) is 92.9 Å². The summed E-state index contributed by atoms with van der Waals surface area (Å²) in [4.78, 5) is 24.9. The molecule has 3 N–H and O–H groups in total. The van der Waals surface area contributed by atoms with Crippen molar-refractivity contribution in [3.05, 3.63) is 29.8 Å². The van der Waals surface area contributed by atoms with Gasteiger partial charge in [0.1, 0.15) is 5.75 Å². The molecule has 1 atom stereocenters. The fraction of sp³-hybridized carbons (Fsp3) is 0.467. The van der Waals surface area contributed by atoms with Gasteiger partial charge in [-0.3, -0.25) is 9.59 Å². The molecule has 1 aliphatic heterocycles. The van der Waals surface area contributed by atoms with E-state index in [0.29, 0.717) is 24.4 Å². The molecule has 6 nitrogen and oxygen atoms in total. The standard InChI is InChI=1S/C15H20N2O4/c16-15(20)11-5-3-7-17(8-11)14(19)10-21-13-6-2-1-4-12(13)9-18/h1-2,4,6,11,18H,3,5,7-10H2,(H2,16,20). The Bertz CT molecular complexity index is 518. The molecule has 0 aliphatic carbocycles. The summed E-state index contributed by atoms with van der Waals surface area (Å²) in [5, 5.41) is 9.20. The molecule has 1 aromatic carbocycles. The Morgan fingerprint density at radius 1 is 1.38 bits per heavy atom. The number of benzene rings is 1. The number of rotatable bonds is 5. The van der Waals surface area contributed by atoms with Crippen LogP contribution in [0.15, 0.2) is 24.3 Å². The molecule has 2 amide bonds. The molecule has 1 heterocycles. The largest absolute Gasteiger partial charge is 0.483 e. The minimum atomic E-state index is -0.362. The van der Waals surface area contributed by atoms with Crippen LogP contribution < -0.4 is 10.5 Å². The number of nitrogens with zero attached hydrogens (tertiary/aromatic N) is 1. The average molecular weight is 292 g/mol. The minimum absolute atomic E-state index is 0.109. The summed E-state index contributed by atoms with van der Waals surface area (Å²) in [7, 11) is 0. The molecule has 1 unspecified atom stereocenters. The molecule has 1 saturated heterocycles. The van der Waals surface area contributed by atoms with Gasteiger partial charge in [0.2, 0.25) is 5.91 Å². The maximum absolute atomic E-state index is 12.1. The van der Waals surface area contributed by atoms with E-state index < -0.39 is 0 Å². The van der Waals surface area contributed by atoms with Gasteiger partial charge in [0.25, 0.3) is 5.91 Å². The maximum Gasteiger partial charge on any atom is 0.260 e.